The number of hydrogen-bond donors (Lipinski definition) is 1. The van der Waals surface area contributed by atoms with E-state index in [1.807, 2.05) is 146 Å². The summed E-state index contributed by atoms with van der Waals surface area (Å²) >= 11 is 5.16. The quantitative estimate of drug-likeness (QED) is 0.0221. The Morgan fingerprint density at radius 2 is 0.977 bits per heavy atom. The summed E-state index contributed by atoms with van der Waals surface area (Å²) in [7, 11) is -2.60. The van der Waals surface area contributed by atoms with E-state index in [1.54, 1.807) is 36.4 Å². The highest BCUT2D eigenvalue weighted by molar-refractivity contribution is 6.76. The fraction of sp³-hybridized carbons (Fsp3) is 0.500. The van der Waals surface area contributed by atoms with Crippen molar-refractivity contribution >= 4 is 63.1 Å². The molecule has 476 valence electrons. The van der Waals surface area contributed by atoms with Gasteiger partial charge >= 0.3 is 17.9 Å². The van der Waals surface area contributed by atoms with Gasteiger partial charge in [0.2, 0.25) is 0 Å². The first-order chi connectivity index (χ1) is 40.7. The van der Waals surface area contributed by atoms with Crippen LogP contribution in [0.3, 0.4) is 0 Å². The molecule has 1 N–H and O–H groups in total. The molecule has 4 aromatic rings. The van der Waals surface area contributed by atoms with E-state index in [0.29, 0.717) is 60.1 Å². The lowest BCUT2D eigenvalue weighted by Gasteiger charge is -2.24. The molecular formula is C72H101ClO12Si2. The van der Waals surface area contributed by atoms with Crippen molar-refractivity contribution in [1.29, 1.82) is 0 Å². The number of rotatable bonds is 25. The zero-order valence-electron chi connectivity index (χ0n) is 55.3. The Morgan fingerprint density at radius 1 is 0.575 bits per heavy atom. The lowest BCUT2D eigenvalue weighted by molar-refractivity contribution is -0.153. The summed E-state index contributed by atoms with van der Waals surface area (Å²) in [5.74, 6) is -1.87. The van der Waals surface area contributed by atoms with Gasteiger partial charge in [-0.1, -0.05) is 206 Å². The second-order valence-corrected chi connectivity index (χ2v) is 38.0. The number of carbonyl (C=O) groups is 4. The van der Waals surface area contributed by atoms with Crippen LogP contribution in [0.25, 0.3) is 12.2 Å². The predicted molar refractivity (Wildman–Crippen MR) is 359 cm³/mol. The lowest BCUT2D eigenvalue weighted by atomic mass is 9.97. The van der Waals surface area contributed by atoms with Gasteiger partial charge in [-0.15, -0.1) is 0 Å². The number of halogens is 1. The van der Waals surface area contributed by atoms with Crippen LogP contribution in [0.1, 0.15) is 156 Å². The van der Waals surface area contributed by atoms with E-state index in [4.69, 9.17) is 44.8 Å². The zero-order chi connectivity index (χ0) is 64.9. The first kappa shape index (κ1) is 73.9. The summed E-state index contributed by atoms with van der Waals surface area (Å²) in [5.41, 5.74) is 7.83. The van der Waals surface area contributed by atoms with Crippen molar-refractivity contribution in [3.63, 3.8) is 0 Å². The second-order valence-electron chi connectivity index (χ2n) is 26.4. The number of aliphatic hydroxyl groups excluding tert-OH is 1. The molecular weight excluding hydrogens is 1150 g/mol. The molecule has 0 aliphatic carbocycles. The van der Waals surface area contributed by atoms with Crippen LogP contribution in [0.2, 0.25) is 51.4 Å². The standard InChI is InChI=1S/C36H50O6Si.C29H46O5Si.C7H5ClO/c1-10-25(2)19-20-30(40-34(37)28-15-12-11-13-16-28)33-31(41-36(5,6)42-33)18-14-17-29-24-26(3)23-27(4)32(29)35(38)39-21-22-43(7,8)9;1-10-20(2)14-15-24(30)27-25(33-29(5,6)34-27)13-11-12-23-19-21(3)18-22(4)26(23)28(31)32-16-17-35(7,8)9;8-7(9)6-4-2-1-3-5-6/h11-17,19-20,23-25,30-31,33H,10,18,21-22H2,1-9H3;11-12,14-15,18-20,24-25,27,30H,10,13,16-17H2,1-9H3;1-5H/b17-14+,20-19-;12-11+,15-14-;/t25-,30?,31+,33-;20-,24?,25+,27-;/m11./s1. The highest BCUT2D eigenvalue weighted by Crippen LogP contribution is 2.36. The number of carbonyl (C=O) groups excluding carboxylic acids is 4. The maximum atomic E-state index is 13.2. The average molecular weight is 1250 g/mol. The summed E-state index contributed by atoms with van der Waals surface area (Å²) in [5, 5.41) is 10.4. The van der Waals surface area contributed by atoms with Crippen LogP contribution in [-0.4, -0.2) is 106 Å². The summed E-state index contributed by atoms with van der Waals surface area (Å²) in [6.07, 6.45) is 15.8. The highest BCUT2D eigenvalue weighted by Gasteiger charge is 2.46. The van der Waals surface area contributed by atoms with Crippen molar-refractivity contribution in [3.8, 4) is 0 Å². The molecule has 2 heterocycles. The molecule has 2 aliphatic heterocycles. The van der Waals surface area contributed by atoms with E-state index < -0.39 is 63.3 Å². The van der Waals surface area contributed by atoms with Crippen LogP contribution >= 0.6 is 11.6 Å². The lowest BCUT2D eigenvalue weighted by Crippen LogP contribution is -2.37. The van der Waals surface area contributed by atoms with Crippen LogP contribution in [0, 0.1) is 39.5 Å². The van der Waals surface area contributed by atoms with E-state index in [-0.39, 0.29) is 24.1 Å². The normalized spacial score (nSPS) is 19.7. The third-order valence-corrected chi connectivity index (χ3v) is 18.5. The van der Waals surface area contributed by atoms with Gasteiger partial charge in [-0.25, -0.2) is 14.4 Å². The van der Waals surface area contributed by atoms with Crippen molar-refractivity contribution in [2.45, 2.75) is 208 Å². The highest BCUT2D eigenvalue weighted by atomic mass is 35.5. The van der Waals surface area contributed by atoms with Crippen molar-refractivity contribution in [1.82, 2.24) is 0 Å². The van der Waals surface area contributed by atoms with Gasteiger partial charge in [0.25, 0.3) is 5.24 Å². The monoisotopic (exact) mass is 1250 g/mol. The molecule has 4 aromatic carbocycles. The predicted octanol–water partition coefficient (Wildman–Crippen LogP) is 17.3. The van der Waals surface area contributed by atoms with Gasteiger partial charge in [-0.2, -0.15) is 0 Å². The molecule has 2 aliphatic rings. The topological polar surface area (TPSA) is 153 Å². The van der Waals surface area contributed by atoms with E-state index in [9.17, 15) is 24.3 Å². The molecule has 15 heteroatoms. The van der Waals surface area contributed by atoms with Gasteiger partial charge in [-0.05, 0) is 144 Å². The smallest absolute Gasteiger partial charge is 0.338 e. The molecule has 12 nitrogen and oxygen atoms in total. The van der Waals surface area contributed by atoms with Crippen LogP contribution in [0.5, 0.6) is 0 Å². The molecule has 2 unspecified atom stereocenters. The number of esters is 3. The van der Waals surface area contributed by atoms with Gasteiger partial charge in [0, 0.05) is 21.7 Å². The molecule has 6 rings (SSSR count). The van der Waals surface area contributed by atoms with Crippen molar-refractivity contribution in [2.75, 3.05) is 13.2 Å². The summed E-state index contributed by atoms with van der Waals surface area (Å²) in [4.78, 5) is 49.6. The molecule has 87 heavy (non-hydrogen) atoms. The summed E-state index contributed by atoms with van der Waals surface area (Å²) < 4.78 is 42.2. The second kappa shape index (κ2) is 34.4. The first-order valence-electron chi connectivity index (χ1n) is 30.9. The van der Waals surface area contributed by atoms with Gasteiger partial charge in [0.15, 0.2) is 11.6 Å². The third-order valence-electron chi connectivity index (χ3n) is 14.8. The number of aliphatic hydroxyl groups is 1. The average Bonchev–Trinajstić information content (AvgIpc) is 2.29. The molecule has 0 radical (unpaired) electrons. The maximum Gasteiger partial charge on any atom is 0.338 e. The molecule has 0 aromatic heterocycles. The number of aryl methyl sites for hydroxylation is 4. The molecule has 0 amide bonds. The Labute approximate surface area is 528 Å². The molecule has 0 spiro atoms. The molecule has 2 fully saturated rings. The Morgan fingerprint density at radius 3 is 1.38 bits per heavy atom. The Hall–Kier alpha value is -5.56. The van der Waals surface area contributed by atoms with Crippen molar-refractivity contribution in [3.05, 3.63) is 177 Å². The molecule has 0 saturated carbocycles. The zero-order valence-corrected chi connectivity index (χ0v) is 58.0. The van der Waals surface area contributed by atoms with Crippen LogP contribution in [0.15, 0.2) is 121 Å². The minimum Gasteiger partial charge on any atom is -0.462 e. The first-order valence-corrected chi connectivity index (χ1v) is 38.7. The van der Waals surface area contributed by atoms with Crippen LogP contribution < -0.4 is 0 Å². The molecule has 8 atom stereocenters. The minimum atomic E-state index is -1.32. The fourth-order valence-electron chi connectivity index (χ4n) is 9.72. The van der Waals surface area contributed by atoms with Crippen molar-refractivity contribution in [2.24, 2.45) is 11.8 Å². The fourth-order valence-corrected chi connectivity index (χ4v) is 11.3. The number of hydrogen-bond acceptors (Lipinski definition) is 12. The Kier molecular flexibility index (Phi) is 29.2. The SMILES string of the molecule is CC[C@@H](C)/C=C\C(O)[C@H]1OC(C)(C)O[C@H]1C/C=C/c1cc(C)cc(C)c1C(=O)OCC[Si](C)(C)C.CC[C@@H](C)/C=C\C(OC(=O)c1ccccc1)[C@H]1OC(C)(C)O[C@H]1C/C=C/c1cc(C)cc(C)c1C(=O)OCC[Si](C)(C)C.O=C(Cl)c1ccccc1. The largest absolute Gasteiger partial charge is 0.462 e. The Balaban J connectivity index is 0.000000329. The number of benzene rings is 4. The number of ether oxygens (including phenoxy) is 7. The summed E-state index contributed by atoms with van der Waals surface area (Å²) in [6.45, 7) is 38.4. The molecule has 0 bridgehead atoms. The van der Waals surface area contributed by atoms with Crippen molar-refractivity contribution < 1.29 is 57.4 Å². The van der Waals surface area contributed by atoms with Gasteiger partial charge in [0.05, 0.1) is 42.1 Å². The third kappa shape index (κ3) is 25.8. The van der Waals surface area contributed by atoms with Crippen LogP contribution in [0.4, 0.5) is 0 Å². The van der Waals surface area contributed by atoms with E-state index in [2.05, 4.69) is 73.1 Å². The van der Waals surface area contributed by atoms with E-state index >= 15 is 0 Å². The number of allylic oxidation sites excluding steroid dienone is 2. The molecule has 2 saturated heterocycles. The van der Waals surface area contributed by atoms with Gasteiger partial charge in [0.1, 0.15) is 24.4 Å². The summed E-state index contributed by atoms with van der Waals surface area (Å²) in [6, 6.07) is 27.6. The van der Waals surface area contributed by atoms with Gasteiger partial charge in [-0.3, -0.25) is 4.79 Å². The van der Waals surface area contributed by atoms with E-state index in [0.717, 1.165) is 58.3 Å². The van der Waals surface area contributed by atoms with Crippen LogP contribution in [-0.2, 0) is 33.2 Å². The van der Waals surface area contributed by atoms with Gasteiger partial charge < -0.3 is 38.3 Å². The maximum absolute atomic E-state index is 13.2. The minimum absolute atomic E-state index is 0.273. The Bertz CT molecular complexity index is 2970. The van der Waals surface area contributed by atoms with E-state index in [1.165, 1.54) is 0 Å².